The van der Waals surface area contributed by atoms with Crippen molar-refractivity contribution < 1.29 is 19.3 Å². The van der Waals surface area contributed by atoms with Crippen molar-refractivity contribution in [3.63, 3.8) is 0 Å². The first kappa shape index (κ1) is 14.4. The predicted molar refractivity (Wildman–Crippen MR) is 76.5 cm³/mol. The van der Waals surface area contributed by atoms with Gasteiger partial charge in [0, 0.05) is 23.2 Å². The van der Waals surface area contributed by atoms with E-state index in [0.717, 1.165) is 10.9 Å². The molecule has 0 atom stereocenters. The minimum absolute atomic E-state index is 0.000929. The first-order chi connectivity index (χ1) is 9.60. The van der Waals surface area contributed by atoms with E-state index < -0.39 is 0 Å². The van der Waals surface area contributed by atoms with Crippen molar-refractivity contribution in [1.82, 2.24) is 4.98 Å². The summed E-state index contributed by atoms with van der Waals surface area (Å²) in [5.41, 5.74) is 1.38. The van der Waals surface area contributed by atoms with E-state index >= 15 is 0 Å². The molecule has 1 heterocycles. The Morgan fingerprint density at radius 1 is 1.15 bits per heavy atom. The number of aliphatic hydroxyl groups is 1. The van der Waals surface area contributed by atoms with Crippen molar-refractivity contribution in [2.75, 3.05) is 14.2 Å². The van der Waals surface area contributed by atoms with E-state index in [-0.39, 0.29) is 12.7 Å². The second-order valence-electron chi connectivity index (χ2n) is 4.66. The Labute approximate surface area is 118 Å². The summed E-state index contributed by atoms with van der Waals surface area (Å²) in [5.74, 6) is 1.85. The molecule has 0 unspecified atom stereocenters. The Hall–Kier alpha value is -2.01. The zero-order valence-electron chi connectivity index (χ0n) is 12.1. The molecule has 5 heteroatoms. The van der Waals surface area contributed by atoms with Crippen LogP contribution in [-0.4, -0.2) is 30.4 Å². The lowest BCUT2D eigenvalue weighted by Gasteiger charge is -2.17. The number of aromatic nitrogens is 1. The lowest BCUT2D eigenvalue weighted by molar-refractivity contribution is 0.228. The van der Waals surface area contributed by atoms with Gasteiger partial charge in [-0.25, -0.2) is 0 Å². The minimum atomic E-state index is -0.126. The Bertz CT molecular complexity index is 610. The highest BCUT2D eigenvalue weighted by Gasteiger charge is 2.15. The maximum absolute atomic E-state index is 9.44. The fourth-order valence-electron chi connectivity index (χ4n) is 2.02. The fraction of sp³-hybridized carbons (Fsp3) is 0.400. The van der Waals surface area contributed by atoms with Gasteiger partial charge in [-0.05, 0) is 19.9 Å². The molecular weight excluding hydrogens is 258 g/mol. The third-order valence-corrected chi connectivity index (χ3v) is 2.92. The monoisotopic (exact) mass is 277 g/mol. The molecule has 5 nitrogen and oxygen atoms in total. The van der Waals surface area contributed by atoms with Crippen LogP contribution in [0.2, 0.25) is 0 Å². The molecule has 0 spiro atoms. The highest BCUT2D eigenvalue weighted by atomic mass is 16.5. The number of methoxy groups -OCH3 is 2. The summed E-state index contributed by atoms with van der Waals surface area (Å²) in [4.78, 5) is 4.33. The van der Waals surface area contributed by atoms with Crippen molar-refractivity contribution in [2.24, 2.45) is 0 Å². The summed E-state index contributed by atoms with van der Waals surface area (Å²) in [7, 11) is 3.16. The number of benzene rings is 1. The Balaban J connectivity index is 2.71. The number of ether oxygens (including phenoxy) is 3. The van der Waals surface area contributed by atoms with E-state index in [0.29, 0.717) is 22.8 Å². The Morgan fingerprint density at radius 2 is 1.80 bits per heavy atom. The van der Waals surface area contributed by atoms with Crippen LogP contribution in [0.5, 0.6) is 17.2 Å². The van der Waals surface area contributed by atoms with Gasteiger partial charge in [0.1, 0.15) is 5.75 Å². The van der Waals surface area contributed by atoms with Gasteiger partial charge in [0.2, 0.25) is 0 Å². The summed E-state index contributed by atoms with van der Waals surface area (Å²) in [6.07, 6.45) is 1.62. The largest absolute Gasteiger partial charge is 0.493 e. The average Bonchev–Trinajstić information content (AvgIpc) is 2.45. The van der Waals surface area contributed by atoms with Crippen LogP contribution in [0.3, 0.4) is 0 Å². The van der Waals surface area contributed by atoms with Gasteiger partial charge in [0.15, 0.2) is 11.5 Å². The first-order valence-corrected chi connectivity index (χ1v) is 6.41. The second-order valence-corrected chi connectivity index (χ2v) is 4.66. The van der Waals surface area contributed by atoms with Crippen LogP contribution in [0.4, 0.5) is 0 Å². The molecule has 0 aliphatic heterocycles. The summed E-state index contributed by atoms with van der Waals surface area (Å²) in [5, 5.41) is 10.2. The molecule has 1 aromatic heterocycles. The minimum Gasteiger partial charge on any atom is -0.493 e. The number of hydrogen-bond acceptors (Lipinski definition) is 5. The van der Waals surface area contributed by atoms with Crippen molar-refractivity contribution in [1.29, 1.82) is 0 Å². The molecule has 0 bridgehead atoms. The maximum Gasteiger partial charge on any atom is 0.162 e. The molecule has 0 saturated heterocycles. The van der Waals surface area contributed by atoms with Crippen molar-refractivity contribution in [3.8, 4) is 17.2 Å². The molecule has 20 heavy (non-hydrogen) atoms. The van der Waals surface area contributed by atoms with Gasteiger partial charge in [-0.1, -0.05) is 0 Å². The van der Waals surface area contributed by atoms with Gasteiger partial charge >= 0.3 is 0 Å². The smallest absolute Gasteiger partial charge is 0.162 e. The van der Waals surface area contributed by atoms with Crippen LogP contribution in [0.1, 0.15) is 19.4 Å². The molecule has 0 fully saturated rings. The van der Waals surface area contributed by atoms with Crippen LogP contribution in [0, 0.1) is 0 Å². The number of rotatable bonds is 5. The van der Waals surface area contributed by atoms with Crippen LogP contribution in [-0.2, 0) is 6.61 Å². The van der Waals surface area contributed by atoms with Crippen molar-refractivity contribution in [3.05, 3.63) is 23.9 Å². The topological polar surface area (TPSA) is 60.8 Å². The average molecular weight is 277 g/mol. The molecule has 0 amide bonds. The maximum atomic E-state index is 9.44. The summed E-state index contributed by atoms with van der Waals surface area (Å²) >= 11 is 0. The number of aliphatic hydroxyl groups excluding tert-OH is 1. The third kappa shape index (κ3) is 2.63. The molecule has 0 radical (unpaired) electrons. The lowest BCUT2D eigenvalue weighted by atomic mass is 10.1. The quantitative estimate of drug-likeness (QED) is 0.910. The number of fused-ring (bicyclic) bond motifs is 1. The molecule has 1 aromatic carbocycles. The number of hydrogen-bond donors (Lipinski definition) is 1. The van der Waals surface area contributed by atoms with Crippen LogP contribution < -0.4 is 14.2 Å². The number of pyridine rings is 1. The van der Waals surface area contributed by atoms with E-state index in [1.807, 2.05) is 19.9 Å². The van der Waals surface area contributed by atoms with E-state index in [1.54, 1.807) is 26.5 Å². The summed E-state index contributed by atoms with van der Waals surface area (Å²) in [6, 6.07) is 3.61. The molecule has 0 aliphatic carbocycles. The van der Waals surface area contributed by atoms with Crippen LogP contribution in [0.25, 0.3) is 10.9 Å². The first-order valence-electron chi connectivity index (χ1n) is 6.41. The predicted octanol–water partition coefficient (Wildman–Crippen LogP) is 2.53. The molecule has 2 aromatic rings. The lowest BCUT2D eigenvalue weighted by Crippen LogP contribution is -2.08. The zero-order valence-corrected chi connectivity index (χ0v) is 12.1. The summed E-state index contributed by atoms with van der Waals surface area (Å²) < 4.78 is 16.4. The normalized spacial score (nSPS) is 10.9. The Morgan fingerprint density at radius 3 is 2.35 bits per heavy atom. The molecule has 2 rings (SSSR count). The highest BCUT2D eigenvalue weighted by molar-refractivity contribution is 5.89. The highest BCUT2D eigenvalue weighted by Crippen LogP contribution is 2.37. The zero-order chi connectivity index (χ0) is 14.7. The molecule has 1 N–H and O–H groups in total. The molecule has 0 aliphatic rings. The van der Waals surface area contributed by atoms with Gasteiger partial charge < -0.3 is 19.3 Å². The second kappa shape index (κ2) is 5.96. The van der Waals surface area contributed by atoms with E-state index in [2.05, 4.69) is 4.98 Å². The Kier molecular flexibility index (Phi) is 4.29. The van der Waals surface area contributed by atoms with Gasteiger partial charge in [-0.15, -0.1) is 0 Å². The van der Waals surface area contributed by atoms with Gasteiger partial charge in [-0.2, -0.15) is 0 Å². The van der Waals surface area contributed by atoms with Gasteiger partial charge in [0.05, 0.1) is 32.4 Å². The van der Waals surface area contributed by atoms with Crippen molar-refractivity contribution >= 4 is 10.9 Å². The van der Waals surface area contributed by atoms with Gasteiger partial charge in [0.25, 0.3) is 0 Å². The van der Waals surface area contributed by atoms with E-state index in [1.165, 1.54) is 0 Å². The van der Waals surface area contributed by atoms with E-state index in [4.69, 9.17) is 14.2 Å². The fourth-order valence-corrected chi connectivity index (χ4v) is 2.02. The summed E-state index contributed by atoms with van der Waals surface area (Å²) in [6.45, 7) is 3.75. The third-order valence-electron chi connectivity index (χ3n) is 2.92. The molecule has 0 saturated carbocycles. The van der Waals surface area contributed by atoms with Crippen molar-refractivity contribution in [2.45, 2.75) is 26.6 Å². The standard InChI is InChI=1S/C15H19NO4/c1-9(2)20-15-10(8-17)7-16-12-6-14(19-4)13(18-3)5-11(12)15/h5-7,9,17H,8H2,1-4H3. The molecule has 108 valence electrons. The van der Waals surface area contributed by atoms with E-state index in [9.17, 15) is 5.11 Å². The number of nitrogens with zero attached hydrogens (tertiary/aromatic N) is 1. The molecular formula is C15H19NO4. The van der Waals surface area contributed by atoms with Gasteiger partial charge in [-0.3, -0.25) is 4.98 Å². The van der Waals surface area contributed by atoms with Crippen LogP contribution in [0.15, 0.2) is 18.3 Å². The van der Waals surface area contributed by atoms with Crippen LogP contribution >= 0.6 is 0 Å². The SMILES string of the molecule is COc1cc2ncc(CO)c(OC(C)C)c2cc1OC.